The molecule has 6 rings (SSSR count). The van der Waals surface area contributed by atoms with Crippen LogP contribution in [0.3, 0.4) is 0 Å². The van der Waals surface area contributed by atoms with Crippen molar-refractivity contribution < 1.29 is 13.6 Å². The topological polar surface area (TPSA) is 67.2 Å². The molecule has 9 heteroatoms. The molecule has 3 heterocycles. The molecule has 0 atom stereocenters. The second-order valence-electron chi connectivity index (χ2n) is 10.1. The van der Waals surface area contributed by atoms with Crippen LogP contribution in [0, 0.1) is 25.5 Å². The summed E-state index contributed by atoms with van der Waals surface area (Å²) in [6.45, 7) is 5.86. The van der Waals surface area contributed by atoms with Gasteiger partial charge in [-0.15, -0.1) is 0 Å². The van der Waals surface area contributed by atoms with Gasteiger partial charge in [-0.3, -0.25) is 4.79 Å². The summed E-state index contributed by atoms with van der Waals surface area (Å²) < 4.78 is 29.7. The van der Waals surface area contributed by atoms with Crippen molar-refractivity contribution in [3.05, 3.63) is 113 Å². The van der Waals surface area contributed by atoms with Crippen molar-refractivity contribution in [3.8, 4) is 5.69 Å². The first-order valence-electron chi connectivity index (χ1n) is 13.2. The minimum atomic E-state index is -0.517. The molecule has 202 valence electrons. The van der Waals surface area contributed by atoms with E-state index in [1.165, 1.54) is 29.8 Å². The number of hydrogen-bond acceptors (Lipinski definition) is 5. The maximum absolute atomic E-state index is 14.3. The van der Waals surface area contributed by atoms with Gasteiger partial charge in [0.05, 0.1) is 22.3 Å². The zero-order valence-electron chi connectivity index (χ0n) is 22.3. The van der Waals surface area contributed by atoms with Crippen LogP contribution < -0.4 is 4.90 Å². The lowest BCUT2D eigenvalue weighted by molar-refractivity contribution is 0.0742. The third-order valence-corrected chi connectivity index (χ3v) is 7.25. The highest BCUT2D eigenvalue weighted by molar-refractivity contribution is 5.95. The standard InChI is InChI=1S/C31H28F2N6O/c1-20-7-9-22(10-8-20)19-27-34-29(28-21(2)36-39(30(28)35-27)24-13-11-23(32)12-14-24)37-15-17-38(18-16-37)31(40)25-5-3-4-6-26(25)33/h3-14H,15-19H2,1-2H3. The molecule has 0 bridgehead atoms. The molecule has 1 amide bonds. The lowest BCUT2D eigenvalue weighted by Gasteiger charge is -2.36. The number of fused-ring (bicyclic) bond motifs is 1. The zero-order chi connectivity index (χ0) is 27.8. The summed E-state index contributed by atoms with van der Waals surface area (Å²) in [6.07, 6.45) is 0.530. The fourth-order valence-corrected chi connectivity index (χ4v) is 5.09. The van der Waals surface area contributed by atoms with Crippen LogP contribution in [0.4, 0.5) is 14.6 Å². The van der Waals surface area contributed by atoms with Crippen LogP contribution in [-0.4, -0.2) is 56.7 Å². The molecule has 1 fully saturated rings. The lowest BCUT2D eigenvalue weighted by atomic mass is 10.1. The normalized spacial score (nSPS) is 13.7. The highest BCUT2D eigenvalue weighted by atomic mass is 19.1. The van der Waals surface area contributed by atoms with Gasteiger partial charge in [0, 0.05) is 32.6 Å². The number of anilines is 1. The van der Waals surface area contributed by atoms with E-state index in [2.05, 4.69) is 29.2 Å². The van der Waals surface area contributed by atoms with Crippen LogP contribution in [-0.2, 0) is 6.42 Å². The molecule has 5 aromatic rings. The van der Waals surface area contributed by atoms with Gasteiger partial charge >= 0.3 is 0 Å². The van der Waals surface area contributed by atoms with Gasteiger partial charge in [-0.1, -0.05) is 42.0 Å². The Morgan fingerprint density at radius 2 is 1.55 bits per heavy atom. The number of rotatable bonds is 5. The van der Waals surface area contributed by atoms with Crippen molar-refractivity contribution in [2.75, 3.05) is 31.1 Å². The molecule has 0 unspecified atom stereocenters. The minimum absolute atomic E-state index is 0.0807. The second-order valence-corrected chi connectivity index (χ2v) is 10.1. The van der Waals surface area contributed by atoms with Crippen LogP contribution >= 0.6 is 0 Å². The summed E-state index contributed by atoms with van der Waals surface area (Å²) >= 11 is 0. The highest BCUT2D eigenvalue weighted by Crippen LogP contribution is 2.30. The highest BCUT2D eigenvalue weighted by Gasteiger charge is 2.28. The van der Waals surface area contributed by atoms with Gasteiger partial charge < -0.3 is 9.80 Å². The Bertz CT molecular complexity index is 1690. The molecule has 0 saturated carbocycles. The molecule has 1 aliphatic rings. The Balaban J connectivity index is 1.37. The van der Waals surface area contributed by atoms with Gasteiger partial charge in [0.25, 0.3) is 5.91 Å². The van der Waals surface area contributed by atoms with Crippen molar-refractivity contribution in [3.63, 3.8) is 0 Å². The predicted octanol–water partition coefficient (Wildman–Crippen LogP) is 5.26. The number of carbonyl (C=O) groups is 1. The van der Waals surface area contributed by atoms with Gasteiger partial charge in [0.1, 0.15) is 23.3 Å². The average Bonchev–Trinajstić information content (AvgIpc) is 3.30. The molecule has 1 aliphatic heterocycles. The number of benzene rings is 3. The zero-order valence-corrected chi connectivity index (χ0v) is 22.3. The van der Waals surface area contributed by atoms with Gasteiger partial charge in [0.2, 0.25) is 0 Å². The van der Waals surface area contributed by atoms with Crippen molar-refractivity contribution >= 4 is 22.8 Å². The summed E-state index contributed by atoms with van der Waals surface area (Å²) in [7, 11) is 0. The van der Waals surface area contributed by atoms with Crippen LogP contribution in [0.5, 0.6) is 0 Å². The fourth-order valence-electron chi connectivity index (χ4n) is 5.09. The Labute approximate surface area is 230 Å². The van der Waals surface area contributed by atoms with Gasteiger partial charge in [-0.25, -0.2) is 23.4 Å². The summed E-state index contributed by atoms with van der Waals surface area (Å²) in [5.41, 5.74) is 4.43. The maximum atomic E-state index is 14.3. The van der Waals surface area contributed by atoms with E-state index < -0.39 is 5.82 Å². The van der Waals surface area contributed by atoms with E-state index in [4.69, 9.17) is 15.1 Å². The molecular weight excluding hydrogens is 510 g/mol. The van der Waals surface area contributed by atoms with Gasteiger partial charge in [-0.05, 0) is 55.8 Å². The van der Waals surface area contributed by atoms with Crippen LogP contribution in [0.2, 0.25) is 0 Å². The molecule has 0 aliphatic carbocycles. The number of aromatic nitrogens is 4. The summed E-state index contributed by atoms with van der Waals surface area (Å²) in [5.74, 6) is 0.230. The number of nitrogens with zero attached hydrogens (tertiary/aromatic N) is 6. The van der Waals surface area contributed by atoms with E-state index in [1.807, 2.05) is 13.8 Å². The first-order chi connectivity index (χ1) is 19.4. The third kappa shape index (κ3) is 4.90. The summed E-state index contributed by atoms with van der Waals surface area (Å²) in [4.78, 5) is 26.7. The first-order valence-corrected chi connectivity index (χ1v) is 13.2. The number of halogens is 2. The summed E-state index contributed by atoms with van der Waals surface area (Å²) in [5, 5.41) is 5.57. The molecule has 2 aromatic heterocycles. The maximum Gasteiger partial charge on any atom is 0.256 e. The van der Waals surface area contributed by atoms with Crippen LogP contribution in [0.1, 0.15) is 33.0 Å². The number of hydrogen-bond donors (Lipinski definition) is 0. The Morgan fingerprint density at radius 1 is 0.850 bits per heavy atom. The predicted molar refractivity (Wildman–Crippen MR) is 150 cm³/mol. The summed E-state index contributed by atoms with van der Waals surface area (Å²) in [6, 6.07) is 20.5. The van der Waals surface area contributed by atoms with Crippen LogP contribution in [0.25, 0.3) is 16.7 Å². The van der Waals surface area contributed by atoms with E-state index in [-0.39, 0.29) is 17.3 Å². The molecule has 7 nitrogen and oxygen atoms in total. The molecule has 40 heavy (non-hydrogen) atoms. The Kier molecular flexibility index (Phi) is 6.71. The molecular formula is C31H28F2N6O. The SMILES string of the molecule is Cc1ccc(Cc2nc(N3CCN(C(=O)c4ccccc4F)CC3)c3c(C)nn(-c4ccc(F)cc4)c3n2)cc1. The third-order valence-electron chi connectivity index (χ3n) is 7.25. The van der Waals surface area contributed by atoms with E-state index in [0.717, 1.165) is 22.5 Å². The lowest BCUT2D eigenvalue weighted by Crippen LogP contribution is -2.49. The largest absolute Gasteiger partial charge is 0.352 e. The van der Waals surface area contributed by atoms with E-state index in [9.17, 15) is 13.6 Å². The van der Waals surface area contributed by atoms with E-state index in [1.54, 1.807) is 33.8 Å². The molecule has 0 spiro atoms. The smallest absolute Gasteiger partial charge is 0.256 e. The number of aryl methyl sites for hydroxylation is 2. The first kappa shape index (κ1) is 25.6. The monoisotopic (exact) mass is 538 g/mol. The number of amides is 1. The minimum Gasteiger partial charge on any atom is -0.352 e. The van der Waals surface area contributed by atoms with Gasteiger partial charge in [-0.2, -0.15) is 5.10 Å². The number of carbonyl (C=O) groups excluding carboxylic acids is 1. The fraction of sp³-hybridized carbons (Fsp3) is 0.226. The molecule has 0 N–H and O–H groups in total. The van der Waals surface area contributed by atoms with Crippen molar-refractivity contribution in [1.82, 2.24) is 24.6 Å². The van der Waals surface area contributed by atoms with Crippen molar-refractivity contribution in [1.29, 1.82) is 0 Å². The van der Waals surface area contributed by atoms with Gasteiger partial charge in [0.15, 0.2) is 5.65 Å². The Hall–Kier alpha value is -4.66. The molecule has 1 saturated heterocycles. The van der Waals surface area contributed by atoms with Crippen LogP contribution in [0.15, 0.2) is 72.8 Å². The van der Waals surface area contributed by atoms with Crippen molar-refractivity contribution in [2.24, 2.45) is 0 Å². The van der Waals surface area contributed by atoms with E-state index >= 15 is 0 Å². The molecule has 3 aromatic carbocycles. The Morgan fingerprint density at radius 3 is 2.25 bits per heavy atom. The van der Waals surface area contributed by atoms with Crippen molar-refractivity contribution in [2.45, 2.75) is 20.3 Å². The van der Waals surface area contributed by atoms with E-state index in [0.29, 0.717) is 49.8 Å². The molecule has 0 radical (unpaired) electrons. The number of piperazine rings is 1. The average molecular weight is 539 g/mol. The quantitative estimate of drug-likeness (QED) is 0.305. The second kappa shape index (κ2) is 10.5.